The molecule has 0 aliphatic carbocycles. The zero-order valence-electron chi connectivity index (χ0n) is 11.0. The Hall–Kier alpha value is -1.91. The molecule has 0 saturated carbocycles. The number of aromatic nitrogens is 1. The summed E-state index contributed by atoms with van der Waals surface area (Å²) < 4.78 is 0. The molecule has 0 spiro atoms. The van der Waals surface area contributed by atoms with Crippen molar-refractivity contribution >= 4 is 11.9 Å². The number of carbonyl (C=O) groups excluding carboxylic acids is 1. The van der Waals surface area contributed by atoms with Gasteiger partial charge in [0.15, 0.2) is 0 Å². The molecule has 5 heteroatoms. The molecule has 0 aromatic carbocycles. The molecule has 102 valence electrons. The summed E-state index contributed by atoms with van der Waals surface area (Å²) in [5.41, 5.74) is 0.417. The van der Waals surface area contributed by atoms with Crippen LogP contribution in [0, 0.1) is 0 Å². The second-order valence-electron chi connectivity index (χ2n) is 4.85. The summed E-state index contributed by atoms with van der Waals surface area (Å²) in [5.74, 6) is -1.17. The second-order valence-corrected chi connectivity index (χ2v) is 4.85. The van der Waals surface area contributed by atoms with Crippen molar-refractivity contribution in [2.75, 3.05) is 6.54 Å². The van der Waals surface area contributed by atoms with Crippen LogP contribution in [0.4, 0.5) is 0 Å². The van der Waals surface area contributed by atoms with Crippen LogP contribution in [0.25, 0.3) is 0 Å². The van der Waals surface area contributed by atoms with Crippen molar-refractivity contribution < 1.29 is 14.7 Å². The summed E-state index contributed by atoms with van der Waals surface area (Å²) in [6.07, 6.45) is 6.79. The monoisotopic (exact) mass is 262 g/mol. The summed E-state index contributed by atoms with van der Waals surface area (Å²) >= 11 is 0. The predicted molar refractivity (Wildman–Crippen MR) is 70.2 cm³/mol. The third kappa shape index (κ3) is 2.92. The second kappa shape index (κ2) is 5.82. The number of carboxylic acids is 1. The van der Waals surface area contributed by atoms with Gasteiger partial charge in [-0.3, -0.25) is 9.78 Å². The fourth-order valence-electron chi connectivity index (χ4n) is 2.58. The zero-order valence-corrected chi connectivity index (χ0v) is 11.0. The van der Waals surface area contributed by atoms with Gasteiger partial charge in [0.05, 0.1) is 11.1 Å². The maximum atomic E-state index is 12.4. The Morgan fingerprint density at radius 1 is 1.42 bits per heavy atom. The Labute approximate surface area is 112 Å². The van der Waals surface area contributed by atoms with Crippen LogP contribution in [0.2, 0.25) is 0 Å². The predicted octanol–water partition coefficient (Wildman–Crippen LogP) is 2.18. The lowest BCUT2D eigenvalue weighted by Gasteiger charge is -2.24. The first-order chi connectivity index (χ1) is 9.13. The van der Waals surface area contributed by atoms with E-state index < -0.39 is 5.97 Å². The van der Waals surface area contributed by atoms with Gasteiger partial charge >= 0.3 is 5.97 Å². The standard InChI is InChI=1S/C14H18N2O3/c1-2-4-12-5-3-6-16(12)13(17)10-7-11(14(18)19)9-15-8-10/h7-9,12H,2-6H2,1H3,(H,18,19). The summed E-state index contributed by atoms with van der Waals surface area (Å²) in [7, 11) is 0. The van der Waals surface area contributed by atoms with E-state index in [1.807, 2.05) is 4.90 Å². The minimum atomic E-state index is -1.06. The first kappa shape index (κ1) is 13.5. The largest absolute Gasteiger partial charge is 0.478 e. The fourth-order valence-corrected chi connectivity index (χ4v) is 2.58. The van der Waals surface area contributed by atoms with E-state index >= 15 is 0 Å². The van der Waals surface area contributed by atoms with Gasteiger partial charge in [-0.15, -0.1) is 0 Å². The van der Waals surface area contributed by atoms with Crippen LogP contribution in [0.1, 0.15) is 53.3 Å². The quantitative estimate of drug-likeness (QED) is 0.902. The molecule has 1 aromatic heterocycles. The number of nitrogens with zero attached hydrogens (tertiary/aromatic N) is 2. The Bertz CT molecular complexity index is 487. The summed E-state index contributed by atoms with van der Waals surface area (Å²) in [6.45, 7) is 2.86. The molecular formula is C14H18N2O3. The fraction of sp³-hybridized carbons (Fsp3) is 0.500. The molecule has 0 bridgehead atoms. The Morgan fingerprint density at radius 2 is 2.16 bits per heavy atom. The molecular weight excluding hydrogens is 244 g/mol. The lowest BCUT2D eigenvalue weighted by molar-refractivity contribution is 0.0696. The Morgan fingerprint density at radius 3 is 2.84 bits per heavy atom. The number of carbonyl (C=O) groups is 2. The zero-order chi connectivity index (χ0) is 13.8. The van der Waals surface area contributed by atoms with E-state index in [1.165, 1.54) is 18.5 Å². The van der Waals surface area contributed by atoms with E-state index in [4.69, 9.17) is 5.11 Å². The lowest BCUT2D eigenvalue weighted by Crippen LogP contribution is -2.35. The van der Waals surface area contributed by atoms with Crippen molar-refractivity contribution in [3.63, 3.8) is 0 Å². The number of hydrogen-bond donors (Lipinski definition) is 1. The lowest BCUT2D eigenvalue weighted by atomic mass is 10.1. The highest BCUT2D eigenvalue weighted by Gasteiger charge is 2.29. The molecule has 2 rings (SSSR count). The number of rotatable bonds is 4. The van der Waals surface area contributed by atoms with Gasteiger partial charge in [-0.05, 0) is 25.3 Å². The molecule has 1 fully saturated rings. The number of pyridine rings is 1. The average molecular weight is 262 g/mol. The minimum absolute atomic E-state index is 0.0529. The topological polar surface area (TPSA) is 70.5 Å². The summed E-state index contributed by atoms with van der Waals surface area (Å²) in [6, 6.07) is 1.69. The van der Waals surface area contributed by atoms with Gasteiger partial charge in [-0.1, -0.05) is 13.3 Å². The number of carboxylic acid groups (broad SMARTS) is 1. The van der Waals surface area contributed by atoms with E-state index in [0.717, 1.165) is 32.2 Å². The Kier molecular flexibility index (Phi) is 4.14. The van der Waals surface area contributed by atoms with E-state index in [9.17, 15) is 9.59 Å². The van der Waals surface area contributed by atoms with E-state index in [-0.39, 0.29) is 17.5 Å². The van der Waals surface area contributed by atoms with Gasteiger partial charge < -0.3 is 10.0 Å². The van der Waals surface area contributed by atoms with Crippen LogP contribution in [0.3, 0.4) is 0 Å². The van der Waals surface area contributed by atoms with E-state index in [1.54, 1.807) is 0 Å². The molecule has 1 unspecified atom stereocenters. The average Bonchev–Trinajstić information content (AvgIpc) is 2.86. The molecule has 1 saturated heterocycles. The maximum absolute atomic E-state index is 12.4. The molecule has 1 N–H and O–H groups in total. The number of amides is 1. The number of likely N-dealkylation sites (tertiary alicyclic amines) is 1. The van der Waals surface area contributed by atoms with Crippen LogP contribution in [-0.4, -0.2) is 39.5 Å². The Balaban J connectivity index is 2.19. The smallest absolute Gasteiger partial charge is 0.337 e. The molecule has 1 aromatic rings. The van der Waals surface area contributed by atoms with Gasteiger partial charge in [-0.25, -0.2) is 4.79 Å². The highest BCUT2D eigenvalue weighted by molar-refractivity contribution is 5.97. The third-order valence-corrected chi connectivity index (χ3v) is 3.49. The van der Waals surface area contributed by atoms with Crippen LogP contribution in [-0.2, 0) is 0 Å². The molecule has 1 atom stereocenters. The first-order valence-corrected chi connectivity index (χ1v) is 6.62. The van der Waals surface area contributed by atoms with Gasteiger partial charge in [0.1, 0.15) is 0 Å². The van der Waals surface area contributed by atoms with E-state index in [0.29, 0.717) is 5.56 Å². The van der Waals surface area contributed by atoms with Crippen molar-refractivity contribution in [2.24, 2.45) is 0 Å². The summed E-state index contributed by atoms with van der Waals surface area (Å²) in [5, 5.41) is 8.93. The van der Waals surface area contributed by atoms with E-state index in [2.05, 4.69) is 11.9 Å². The van der Waals surface area contributed by atoms with Gasteiger partial charge in [-0.2, -0.15) is 0 Å². The van der Waals surface area contributed by atoms with Crippen molar-refractivity contribution in [1.29, 1.82) is 0 Å². The molecule has 1 aliphatic heterocycles. The SMILES string of the molecule is CCCC1CCCN1C(=O)c1cncc(C(=O)O)c1. The third-order valence-electron chi connectivity index (χ3n) is 3.49. The molecule has 19 heavy (non-hydrogen) atoms. The summed E-state index contributed by atoms with van der Waals surface area (Å²) in [4.78, 5) is 29.0. The normalized spacial score (nSPS) is 18.6. The molecule has 1 aliphatic rings. The first-order valence-electron chi connectivity index (χ1n) is 6.62. The molecule has 0 radical (unpaired) electrons. The highest BCUT2D eigenvalue weighted by Crippen LogP contribution is 2.23. The van der Waals surface area contributed by atoms with Crippen molar-refractivity contribution in [2.45, 2.75) is 38.6 Å². The number of hydrogen-bond acceptors (Lipinski definition) is 3. The van der Waals surface area contributed by atoms with Crippen LogP contribution in [0.5, 0.6) is 0 Å². The highest BCUT2D eigenvalue weighted by atomic mass is 16.4. The van der Waals surface area contributed by atoms with Gasteiger partial charge in [0, 0.05) is 25.0 Å². The molecule has 5 nitrogen and oxygen atoms in total. The minimum Gasteiger partial charge on any atom is -0.478 e. The van der Waals surface area contributed by atoms with Crippen molar-refractivity contribution in [3.05, 3.63) is 29.6 Å². The maximum Gasteiger partial charge on any atom is 0.337 e. The van der Waals surface area contributed by atoms with Crippen molar-refractivity contribution in [3.8, 4) is 0 Å². The number of aromatic carboxylic acids is 1. The van der Waals surface area contributed by atoms with Gasteiger partial charge in [0.25, 0.3) is 5.91 Å². The van der Waals surface area contributed by atoms with Crippen LogP contribution < -0.4 is 0 Å². The molecule has 1 amide bonds. The van der Waals surface area contributed by atoms with Crippen LogP contribution >= 0.6 is 0 Å². The van der Waals surface area contributed by atoms with Crippen molar-refractivity contribution in [1.82, 2.24) is 9.88 Å². The van der Waals surface area contributed by atoms with Crippen LogP contribution in [0.15, 0.2) is 18.5 Å². The van der Waals surface area contributed by atoms with Gasteiger partial charge in [0.2, 0.25) is 0 Å². The molecule has 2 heterocycles.